The van der Waals surface area contributed by atoms with Crippen molar-refractivity contribution in [2.24, 2.45) is 0 Å². The van der Waals surface area contributed by atoms with Crippen molar-refractivity contribution in [2.45, 2.75) is 85.9 Å². The number of hydrogen-bond acceptors (Lipinski definition) is 15. The molecular weight excluding hydrogens is 772 g/mol. The Morgan fingerprint density at radius 3 is 1.64 bits per heavy atom. The molecule has 0 saturated heterocycles. The summed E-state index contributed by atoms with van der Waals surface area (Å²) in [6.45, 7) is 13.5. The van der Waals surface area contributed by atoms with Crippen molar-refractivity contribution >= 4 is 41.0 Å². The molecule has 316 valence electrons. The van der Waals surface area contributed by atoms with Gasteiger partial charge in [-0.1, -0.05) is 0 Å². The molecule has 1 amide bonds. The molecule has 0 saturated carbocycles. The molecule has 0 fully saturated rings. The first kappa shape index (κ1) is 48.0. The molecule has 2 aromatic carbocycles. The number of alkyl carbamates (subject to hydrolysis) is 1. The molecule has 4 rings (SSSR count). The smallest absolute Gasteiger partial charge is 0.408 e. The second-order valence-electron chi connectivity index (χ2n) is 14.6. The molecule has 19 heteroatoms. The van der Waals surface area contributed by atoms with Gasteiger partial charge in [0.1, 0.15) is 40.0 Å². The monoisotopic (exact) mass is 820 g/mol. The summed E-state index contributed by atoms with van der Waals surface area (Å²) in [7, 11) is 0. The van der Waals surface area contributed by atoms with Gasteiger partial charge < -0.3 is 35.1 Å². The second kappa shape index (κ2) is 21.9. The maximum absolute atomic E-state index is 12.1. The van der Waals surface area contributed by atoms with E-state index in [1.165, 1.54) is 24.5 Å². The predicted molar refractivity (Wildman–Crippen MR) is 214 cm³/mol. The highest BCUT2D eigenvalue weighted by Crippen LogP contribution is 2.29. The number of carbonyl (C=O) groups excluding carboxylic acids is 3. The Bertz CT molecular complexity index is 2130. The molecule has 2 heterocycles. The maximum Gasteiger partial charge on any atom is 0.408 e. The Morgan fingerprint density at radius 1 is 0.712 bits per heavy atom. The first-order valence-corrected chi connectivity index (χ1v) is 17.8. The van der Waals surface area contributed by atoms with E-state index >= 15 is 0 Å². The van der Waals surface area contributed by atoms with Crippen molar-refractivity contribution in [3.63, 3.8) is 0 Å². The Morgan fingerprint density at radius 2 is 1.19 bits per heavy atom. The summed E-state index contributed by atoms with van der Waals surface area (Å²) in [6, 6.07) is 15.6. The maximum atomic E-state index is 12.1. The van der Waals surface area contributed by atoms with Crippen LogP contribution in [0.15, 0.2) is 73.1 Å². The van der Waals surface area contributed by atoms with Gasteiger partial charge in [0, 0.05) is 35.7 Å². The minimum atomic E-state index is -0.985. The van der Waals surface area contributed by atoms with Crippen molar-refractivity contribution in [3.05, 3.63) is 110 Å². The third-order valence-corrected chi connectivity index (χ3v) is 6.94. The number of carboxylic acids is 1. The fourth-order valence-electron chi connectivity index (χ4n) is 4.43. The van der Waals surface area contributed by atoms with E-state index in [9.17, 15) is 39.4 Å². The van der Waals surface area contributed by atoms with Gasteiger partial charge in [0.25, 0.3) is 11.4 Å². The molecular formula is C40H48N6O13. The summed E-state index contributed by atoms with van der Waals surface area (Å²) >= 11 is 0. The first-order valence-electron chi connectivity index (χ1n) is 17.8. The minimum Gasteiger partial charge on any atom is -0.481 e. The normalized spacial score (nSPS) is 10.6. The van der Waals surface area contributed by atoms with Gasteiger partial charge in [-0.05, 0) is 91.8 Å². The van der Waals surface area contributed by atoms with Crippen LogP contribution in [0.3, 0.4) is 0 Å². The molecule has 0 radical (unpaired) electrons. The summed E-state index contributed by atoms with van der Waals surface area (Å²) < 4.78 is 21.1. The minimum absolute atomic E-state index is 0.0129. The topological polar surface area (TPSA) is 276 Å². The quantitative estimate of drug-likeness (QED) is 0.0665. The van der Waals surface area contributed by atoms with Gasteiger partial charge in [0.05, 0.1) is 53.5 Å². The van der Waals surface area contributed by atoms with E-state index in [2.05, 4.69) is 15.3 Å². The van der Waals surface area contributed by atoms with E-state index in [1.807, 2.05) is 0 Å². The van der Waals surface area contributed by atoms with Crippen LogP contribution in [-0.2, 0) is 30.3 Å². The van der Waals surface area contributed by atoms with Crippen LogP contribution in [0.2, 0.25) is 0 Å². The standard InChI is InChI=1S/C20H23N3O6.C12H11N3O3.C8H14O4/c1-13-5-6-16(11-18(13)23(26)27)28-17-7-8-21-14(10-17)9-15(24)12-22-19(25)29-20(2,3)4;1-8-2-3-9(6-11(8)15(16)17)18-10-4-5-14-12(13)7-10;1-8(2,3)12-7(11)5-4-6(9)10/h5-8,10-11H,9,12H2,1-4H3,(H,22,25);2-7H,1H3,(H2,13,14);4-5H2,1-3H3,(H,9,10). The summed E-state index contributed by atoms with van der Waals surface area (Å²) in [5.41, 5.74) is 5.87. The predicted octanol–water partition coefficient (Wildman–Crippen LogP) is 7.59. The third kappa shape index (κ3) is 19.5. The van der Waals surface area contributed by atoms with Crippen LogP contribution in [0, 0.1) is 34.1 Å². The van der Waals surface area contributed by atoms with Crippen molar-refractivity contribution in [3.8, 4) is 23.0 Å². The highest BCUT2D eigenvalue weighted by Gasteiger charge is 2.19. The van der Waals surface area contributed by atoms with E-state index < -0.39 is 39.1 Å². The summed E-state index contributed by atoms with van der Waals surface area (Å²) in [6.07, 6.45) is 2.06. The van der Waals surface area contributed by atoms with E-state index in [0.29, 0.717) is 45.6 Å². The van der Waals surface area contributed by atoms with Crippen LogP contribution in [0.4, 0.5) is 22.0 Å². The molecule has 0 aliphatic carbocycles. The van der Waals surface area contributed by atoms with Crippen LogP contribution in [0.25, 0.3) is 0 Å². The van der Waals surface area contributed by atoms with Crippen molar-refractivity contribution in [1.82, 2.24) is 15.3 Å². The lowest BCUT2D eigenvalue weighted by atomic mass is 10.2. The highest BCUT2D eigenvalue weighted by atomic mass is 16.6. The number of Topliss-reactive ketones (excluding diaryl/α,β-unsaturated/α-hetero) is 1. The molecule has 0 atom stereocenters. The molecule has 19 nitrogen and oxygen atoms in total. The number of benzene rings is 2. The average Bonchev–Trinajstić information content (AvgIpc) is 3.11. The van der Waals surface area contributed by atoms with Crippen LogP contribution >= 0.6 is 0 Å². The zero-order chi connectivity index (χ0) is 44.5. The Labute approximate surface area is 340 Å². The average molecular weight is 821 g/mol. The number of rotatable bonds is 13. The van der Waals surface area contributed by atoms with Gasteiger partial charge in [-0.2, -0.15) is 0 Å². The van der Waals surface area contributed by atoms with E-state index in [1.54, 1.807) is 104 Å². The van der Waals surface area contributed by atoms with Crippen LogP contribution in [0.1, 0.15) is 71.2 Å². The Balaban J connectivity index is 0.000000339. The largest absolute Gasteiger partial charge is 0.481 e. The lowest BCUT2D eigenvalue weighted by molar-refractivity contribution is -0.385. The highest BCUT2D eigenvalue weighted by molar-refractivity contribution is 5.85. The number of amides is 1. The molecule has 4 aromatic rings. The summed E-state index contributed by atoms with van der Waals surface area (Å²) in [5.74, 6) is 0.184. The fourth-order valence-corrected chi connectivity index (χ4v) is 4.43. The third-order valence-electron chi connectivity index (χ3n) is 6.94. The number of carbonyl (C=O) groups is 4. The number of aryl methyl sites for hydroxylation is 2. The number of pyridine rings is 2. The number of anilines is 1. The number of nitro groups is 2. The molecule has 4 N–H and O–H groups in total. The number of nitro benzene ring substituents is 2. The number of aliphatic carboxylic acids is 1. The van der Waals surface area contributed by atoms with E-state index in [-0.39, 0.29) is 43.0 Å². The molecule has 0 unspecified atom stereocenters. The second-order valence-corrected chi connectivity index (χ2v) is 14.6. The van der Waals surface area contributed by atoms with Gasteiger partial charge in [-0.25, -0.2) is 9.78 Å². The Hall–Kier alpha value is -7.18. The lowest BCUT2D eigenvalue weighted by Gasteiger charge is -2.19. The number of ketones is 1. The number of nitrogens with zero attached hydrogens (tertiary/aromatic N) is 4. The van der Waals surface area contributed by atoms with Crippen molar-refractivity contribution < 1.29 is 53.1 Å². The molecule has 0 bridgehead atoms. The van der Waals surface area contributed by atoms with E-state index in [4.69, 9.17) is 29.8 Å². The number of carboxylic acid groups (broad SMARTS) is 1. The van der Waals surface area contributed by atoms with Gasteiger partial charge in [-0.3, -0.25) is 39.6 Å². The summed E-state index contributed by atoms with van der Waals surface area (Å²) in [5, 5.41) is 32.5. The summed E-state index contributed by atoms with van der Waals surface area (Å²) in [4.78, 5) is 73.5. The Kier molecular flexibility index (Phi) is 17.8. The SMILES string of the molecule is CC(C)(C)OC(=O)CCC(=O)O.Cc1ccc(Oc2ccnc(CC(=O)CNC(=O)OC(C)(C)C)c2)cc1[N+](=O)[O-].Cc1ccc(Oc2ccnc(N)c2)cc1[N+](=O)[O-]. The molecule has 0 aliphatic rings. The van der Waals surface area contributed by atoms with Crippen LogP contribution in [-0.4, -0.2) is 66.5 Å². The van der Waals surface area contributed by atoms with Gasteiger partial charge in [0.2, 0.25) is 0 Å². The number of hydrogen-bond donors (Lipinski definition) is 3. The number of aromatic nitrogens is 2. The molecule has 2 aromatic heterocycles. The van der Waals surface area contributed by atoms with Crippen molar-refractivity contribution in [1.29, 1.82) is 0 Å². The van der Waals surface area contributed by atoms with Gasteiger partial charge in [-0.15, -0.1) is 0 Å². The number of nitrogen functional groups attached to an aromatic ring is 1. The number of ether oxygens (including phenoxy) is 4. The first-order chi connectivity index (χ1) is 27.4. The van der Waals surface area contributed by atoms with Gasteiger partial charge in [0.15, 0.2) is 5.78 Å². The van der Waals surface area contributed by atoms with Gasteiger partial charge >= 0.3 is 18.0 Å². The zero-order valence-electron chi connectivity index (χ0n) is 34.0. The van der Waals surface area contributed by atoms with E-state index in [0.717, 1.165) is 0 Å². The zero-order valence-corrected chi connectivity index (χ0v) is 34.0. The number of nitrogens with one attached hydrogen (secondary N) is 1. The number of esters is 1. The van der Waals surface area contributed by atoms with Crippen LogP contribution in [0.5, 0.6) is 23.0 Å². The number of nitrogens with two attached hydrogens (primary N) is 1. The van der Waals surface area contributed by atoms with Crippen LogP contribution < -0.4 is 20.5 Å². The fraction of sp³-hybridized carbons (Fsp3) is 0.350. The molecule has 59 heavy (non-hydrogen) atoms. The molecule has 0 spiro atoms. The molecule has 0 aliphatic heterocycles. The lowest BCUT2D eigenvalue weighted by Crippen LogP contribution is -2.35. The van der Waals surface area contributed by atoms with Crippen molar-refractivity contribution in [2.75, 3.05) is 12.3 Å².